The Morgan fingerprint density at radius 2 is 2.30 bits per heavy atom. The van der Waals surface area contributed by atoms with E-state index in [0.29, 0.717) is 18.1 Å². The molecule has 6 heteroatoms. The highest BCUT2D eigenvalue weighted by atomic mass is 79.9. The summed E-state index contributed by atoms with van der Waals surface area (Å²) < 4.78 is 23.4. The first kappa shape index (κ1) is 15.5. The Labute approximate surface area is 129 Å². The third-order valence-electron chi connectivity index (χ3n) is 3.18. The number of halogens is 1. The fraction of sp³-hybridized carbons (Fsp3) is 0.500. The van der Waals surface area contributed by atoms with Crippen LogP contribution in [-0.2, 0) is 32.5 Å². The van der Waals surface area contributed by atoms with Gasteiger partial charge in [-0.2, -0.15) is 0 Å². The molecule has 0 aliphatic carbocycles. The number of fused-ring (bicyclic) bond motifs is 1. The van der Waals surface area contributed by atoms with Crippen molar-refractivity contribution < 1.29 is 18.5 Å². The maximum absolute atomic E-state index is 12.2. The zero-order valence-corrected chi connectivity index (χ0v) is 13.9. The largest absolute Gasteiger partial charge is 0.493 e. The fourth-order valence-corrected chi connectivity index (χ4v) is 4.16. The normalized spacial score (nSPS) is 16.1. The predicted molar refractivity (Wildman–Crippen MR) is 81.2 cm³/mol. The van der Waals surface area contributed by atoms with E-state index < -0.39 is 10.8 Å². The maximum Gasteiger partial charge on any atom is 0.309 e. The van der Waals surface area contributed by atoms with Crippen molar-refractivity contribution in [1.82, 2.24) is 0 Å². The van der Waals surface area contributed by atoms with Gasteiger partial charge in [0, 0.05) is 33.0 Å². The number of esters is 1. The second kappa shape index (κ2) is 6.72. The third kappa shape index (κ3) is 3.61. The van der Waals surface area contributed by atoms with Crippen molar-refractivity contribution in [2.45, 2.75) is 19.1 Å². The van der Waals surface area contributed by atoms with E-state index in [-0.39, 0.29) is 11.9 Å². The van der Waals surface area contributed by atoms with Gasteiger partial charge in [-0.25, -0.2) is 0 Å². The molecule has 1 aromatic carbocycles. The van der Waals surface area contributed by atoms with Gasteiger partial charge < -0.3 is 9.47 Å². The molecule has 0 bridgehead atoms. The molecule has 1 aliphatic rings. The van der Waals surface area contributed by atoms with Crippen LogP contribution in [0.25, 0.3) is 0 Å². The lowest BCUT2D eigenvalue weighted by atomic mass is 10.1. The Hall–Kier alpha value is -0.880. The van der Waals surface area contributed by atoms with Gasteiger partial charge in [0.1, 0.15) is 5.75 Å². The summed E-state index contributed by atoms with van der Waals surface area (Å²) in [4.78, 5) is 11.4. The number of carbonyl (C=O) groups is 1. The lowest BCUT2D eigenvalue weighted by Gasteiger charge is -2.11. The first-order valence-corrected chi connectivity index (χ1v) is 8.66. The molecule has 20 heavy (non-hydrogen) atoms. The quantitative estimate of drug-likeness (QED) is 0.756. The molecule has 0 N–H and O–H groups in total. The highest BCUT2D eigenvalue weighted by Crippen LogP contribution is 2.33. The molecule has 0 fully saturated rings. The molecule has 0 radical (unpaired) electrons. The summed E-state index contributed by atoms with van der Waals surface area (Å²) in [6.07, 6.45) is 0.882. The van der Waals surface area contributed by atoms with Crippen molar-refractivity contribution in [3.05, 3.63) is 27.7 Å². The molecule has 2 rings (SSSR count). The van der Waals surface area contributed by atoms with Gasteiger partial charge in [-0.15, -0.1) is 0 Å². The Morgan fingerprint density at radius 1 is 1.55 bits per heavy atom. The van der Waals surface area contributed by atoms with Gasteiger partial charge in [0.15, 0.2) is 0 Å². The van der Waals surface area contributed by atoms with E-state index in [4.69, 9.17) is 4.74 Å². The summed E-state index contributed by atoms with van der Waals surface area (Å²) >= 11 is 3.46. The van der Waals surface area contributed by atoms with E-state index in [1.165, 1.54) is 7.11 Å². The number of hydrogen-bond acceptors (Lipinski definition) is 4. The average molecular weight is 361 g/mol. The molecular formula is C14H17BrO4S. The Balaban J connectivity index is 2.07. The highest BCUT2D eigenvalue weighted by molar-refractivity contribution is 9.10. The first-order chi connectivity index (χ1) is 9.51. The summed E-state index contributed by atoms with van der Waals surface area (Å²) in [5.74, 6) is 0.861. The zero-order valence-electron chi connectivity index (χ0n) is 11.5. The molecule has 2 unspecified atom stereocenters. The number of methoxy groups -OCH3 is 1. The SMILES string of the molecule is COC(=O)C(C)CS(=O)Cc1cc(Br)cc2c1OCC2. The zero-order chi connectivity index (χ0) is 14.7. The fourth-order valence-electron chi connectivity index (χ4n) is 2.23. The van der Waals surface area contributed by atoms with Crippen LogP contribution in [0.3, 0.4) is 0 Å². The monoisotopic (exact) mass is 360 g/mol. The molecule has 1 heterocycles. The van der Waals surface area contributed by atoms with Crippen molar-refractivity contribution in [2.24, 2.45) is 5.92 Å². The average Bonchev–Trinajstić information content (AvgIpc) is 2.85. The van der Waals surface area contributed by atoms with Crippen LogP contribution in [0.5, 0.6) is 5.75 Å². The van der Waals surface area contributed by atoms with E-state index in [9.17, 15) is 9.00 Å². The van der Waals surface area contributed by atoms with Crippen LogP contribution in [0.15, 0.2) is 16.6 Å². The predicted octanol–water partition coefficient (Wildman–Crippen LogP) is 2.44. The minimum Gasteiger partial charge on any atom is -0.493 e. The summed E-state index contributed by atoms with van der Waals surface area (Å²) in [6, 6.07) is 3.97. The molecule has 0 saturated heterocycles. The van der Waals surface area contributed by atoms with E-state index >= 15 is 0 Å². The number of benzene rings is 1. The third-order valence-corrected chi connectivity index (χ3v) is 5.14. The number of carbonyl (C=O) groups excluding carboxylic acids is 1. The van der Waals surface area contributed by atoms with Crippen molar-refractivity contribution in [2.75, 3.05) is 19.5 Å². The van der Waals surface area contributed by atoms with Crippen LogP contribution in [0, 0.1) is 5.92 Å². The van der Waals surface area contributed by atoms with Gasteiger partial charge in [0.25, 0.3) is 0 Å². The molecule has 0 spiro atoms. The van der Waals surface area contributed by atoms with Gasteiger partial charge in [0.2, 0.25) is 0 Å². The summed E-state index contributed by atoms with van der Waals surface area (Å²) in [7, 11) is 0.218. The van der Waals surface area contributed by atoms with E-state index in [1.807, 2.05) is 12.1 Å². The number of rotatable bonds is 5. The molecule has 1 aliphatic heterocycles. The van der Waals surface area contributed by atoms with Crippen molar-refractivity contribution in [3.8, 4) is 5.75 Å². The van der Waals surface area contributed by atoms with Crippen molar-refractivity contribution in [3.63, 3.8) is 0 Å². The molecule has 0 saturated carbocycles. The van der Waals surface area contributed by atoms with Gasteiger partial charge in [-0.1, -0.05) is 22.9 Å². The Kier molecular flexibility index (Phi) is 5.21. The van der Waals surface area contributed by atoms with Crippen LogP contribution in [-0.4, -0.2) is 29.6 Å². The second-order valence-corrected chi connectivity index (χ2v) is 7.24. The molecule has 110 valence electrons. The van der Waals surface area contributed by atoms with E-state index in [0.717, 1.165) is 27.8 Å². The first-order valence-electron chi connectivity index (χ1n) is 6.38. The summed E-state index contributed by atoms with van der Waals surface area (Å²) in [5.41, 5.74) is 2.08. The minimum absolute atomic E-state index is 0.300. The standard InChI is InChI=1S/C14H17BrO4S/c1-9(14(16)18-2)7-20(17)8-11-6-12(15)5-10-3-4-19-13(10)11/h5-6,9H,3-4,7-8H2,1-2H3. The van der Waals surface area contributed by atoms with Crippen LogP contribution >= 0.6 is 15.9 Å². The van der Waals surface area contributed by atoms with E-state index in [2.05, 4.69) is 20.7 Å². The molecule has 0 aromatic heterocycles. The minimum atomic E-state index is -1.13. The van der Waals surface area contributed by atoms with Gasteiger partial charge >= 0.3 is 5.97 Å². The van der Waals surface area contributed by atoms with Crippen molar-refractivity contribution >= 4 is 32.7 Å². The molecular weight excluding hydrogens is 344 g/mol. The maximum atomic E-state index is 12.2. The Bertz CT molecular complexity index is 544. The second-order valence-electron chi connectivity index (χ2n) is 4.83. The Morgan fingerprint density at radius 3 is 3.00 bits per heavy atom. The van der Waals surface area contributed by atoms with Crippen LogP contribution < -0.4 is 4.74 Å². The molecule has 1 aromatic rings. The van der Waals surface area contributed by atoms with Crippen LogP contribution in [0.2, 0.25) is 0 Å². The van der Waals surface area contributed by atoms with Crippen LogP contribution in [0.1, 0.15) is 18.1 Å². The van der Waals surface area contributed by atoms with Crippen LogP contribution in [0.4, 0.5) is 0 Å². The van der Waals surface area contributed by atoms with Gasteiger partial charge in [0.05, 0.1) is 25.4 Å². The van der Waals surface area contributed by atoms with E-state index in [1.54, 1.807) is 6.92 Å². The topological polar surface area (TPSA) is 52.6 Å². The van der Waals surface area contributed by atoms with Gasteiger partial charge in [-0.3, -0.25) is 9.00 Å². The lowest BCUT2D eigenvalue weighted by Crippen LogP contribution is -2.20. The smallest absolute Gasteiger partial charge is 0.309 e. The number of ether oxygens (including phenoxy) is 2. The molecule has 0 amide bonds. The molecule has 4 nitrogen and oxygen atoms in total. The van der Waals surface area contributed by atoms with Crippen molar-refractivity contribution in [1.29, 1.82) is 0 Å². The van der Waals surface area contributed by atoms with Gasteiger partial charge in [-0.05, 0) is 17.7 Å². The summed E-state index contributed by atoms with van der Waals surface area (Å²) in [6.45, 7) is 2.40. The molecule has 2 atom stereocenters. The highest BCUT2D eigenvalue weighted by Gasteiger charge is 2.21. The summed E-state index contributed by atoms with van der Waals surface area (Å²) in [5, 5.41) is 0. The lowest BCUT2D eigenvalue weighted by molar-refractivity contribution is -0.144. The number of hydrogen-bond donors (Lipinski definition) is 0.